The van der Waals surface area contributed by atoms with Crippen molar-refractivity contribution >= 4 is 63.6 Å². The fraction of sp³-hybridized carbons (Fsp3) is 0.282. The molecule has 12 heteroatoms. The van der Waals surface area contributed by atoms with Crippen LogP contribution in [0, 0.1) is 0 Å². The topological polar surface area (TPSA) is 132 Å². The molecule has 0 spiro atoms. The van der Waals surface area contributed by atoms with Crippen molar-refractivity contribution in [3.8, 4) is 11.5 Å². The van der Waals surface area contributed by atoms with E-state index in [0.717, 1.165) is 53.9 Å². The monoisotopic (exact) mass is 727 g/mol. The first-order chi connectivity index (χ1) is 24.7. The number of aryl methyl sites for hydroxylation is 1. The van der Waals surface area contributed by atoms with Crippen LogP contribution in [0.4, 0.5) is 10.7 Å². The van der Waals surface area contributed by atoms with Gasteiger partial charge in [0.25, 0.3) is 11.8 Å². The van der Waals surface area contributed by atoms with Crippen LogP contribution >= 0.6 is 23.1 Å². The molecule has 5 rings (SSSR count). The summed E-state index contributed by atoms with van der Waals surface area (Å²) in [6, 6.07) is 20.9. The van der Waals surface area contributed by atoms with Gasteiger partial charge in [-0.2, -0.15) is 0 Å². The number of rotatable bonds is 12. The Kier molecular flexibility index (Phi) is 12.9. The second-order valence-corrected chi connectivity index (χ2v) is 14.4. The lowest BCUT2D eigenvalue weighted by molar-refractivity contribution is -0.115. The molecule has 3 N–H and O–H groups in total. The van der Waals surface area contributed by atoms with Crippen LogP contribution in [-0.2, 0) is 27.2 Å². The van der Waals surface area contributed by atoms with Gasteiger partial charge in [-0.25, -0.2) is 4.79 Å². The highest BCUT2D eigenvalue weighted by Gasteiger charge is 2.27. The fourth-order valence-electron chi connectivity index (χ4n) is 5.69. The van der Waals surface area contributed by atoms with E-state index in [9.17, 15) is 19.2 Å². The molecule has 1 unspecified atom stereocenters. The van der Waals surface area contributed by atoms with Crippen LogP contribution in [0.3, 0.4) is 0 Å². The number of thiophene rings is 1. The van der Waals surface area contributed by atoms with Gasteiger partial charge in [0.05, 0.1) is 32.1 Å². The van der Waals surface area contributed by atoms with Crippen molar-refractivity contribution in [3.05, 3.63) is 106 Å². The lowest BCUT2D eigenvalue weighted by Crippen LogP contribution is -2.30. The van der Waals surface area contributed by atoms with E-state index in [2.05, 4.69) is 16.0 Å². The molecule has 0 saturated heterocycles. The zero-order valence-corrected chi connectivity index (χ0v) is 30.6. The maximum Gasteiger partial charge on any atom is 0.341 e. The molecular weight excluding hydrogens is 687 g/mol. The van der Waals surface area contributed by atoms with Crippen molar-refractivity contribution in [2.75, 3.05) is 32.0 Å². The van der Waals surface area contributed by atoms with Crippen molar-refractivity contribution in [2.45, 2.75) is 55.6 Å². The van der Waals surface area contributed by atoms with Gasteiger partial charge in [0.2, 0.25) is 5.91 Å². The van der Waals surface area contributed by atoms with E-state index < -0.39 is 23.0 Å². The van der Waals surface area contributed by atoms with Crippen LogP contribution in [-0.4, -0.2) is 50.3 Å². The summed E-state index contributed by atoms with van der Waals surface area (Å²) in [5, 5.41) is 8.61. The lowest BCUT2D eigenvalue weighted by Gasteiger charge is -2.14. The smallest absolute Gasteiger partial charge is 0.341 e. The average Bonchev–Trinajstić information content (AvgIpc) is 3.46. The van der Waals surface area contributed by atoms with E-state index in [1.807, 2.05) is 6.07 Å². The predicted molar refractivity (Wildman–Crippen MR) is 202 cm³/mol. The van der Waals surface area contributed by atoms with E-state index >= 15 is 0 Å². The number of amides is 3. The molecule has 1 aromatic heterocycles. The molecule has 1 aliphatic rings. The van der Waals surface area contributed by atoms with Gasteiger partial charge in [-0.15, -0.1) is 23.1 Å². The molecule has 1 heterocycles. The molecule has 4 aromatic rings. The van der Waals surface area contributed by atoms with Gasteiger partial charge in [0, 0.05) is 21.0 Å². The molecule has 266 valence electrons. The third-order valence-electron chi connectivity index (χ3n) is 8.32. The third kappa shape index (κ3) is 9.59. The van der Waals surface area contributed by atoms with E-state index in [1.165, 1.54) is 44.4 Å². The van der Waals surface area contributed by atoms with E-state index in [0.29, 0.717) is 38.9 Å². The molecule has 51 heavy (non-hydrogen) atoms. The number of carbonyl (C=O) groups is 4. The second kappa shape index (κ2) is 17.7. The summed E-state index contributed by atoms with van der Waals surface area (Å²) >= 11 is 2.78. The second-order valence-electron chi connectivity index (χ2n) is 11.8. The zero-order chi connectivity index (χ0) is 36.3. The predicted octanol–water partition coefficient (Wildman–Crippen LogP) is 7.74. The Labute approximate surface area is 306 Å². The Bertz CT molecular complexity index is 1920. The number of esters is 1. The molecule has 1 aliphatic carbocycles. The first kappa shape index (κ1) is 37.2. The number of fused-ring (bicyclic) bond motifs is 1. The number of hydrogen-bond acceptors (Lipinski definition) is 9. The third-order valence-corrected chi connectivity index (χ3v) is 10.6. The lowest BCUT2D eigenvalue weighted by atomic mass is 9.96. The molecule has 0 saturated carbocycles. The van der Waals surface area contributed by atoms with E-state index in [1.54, 1.807) is 79.7 Å². The number of hydrogen-bond donors (Lipinski definition) is 3. The number of carbonyl (C=O) groups excluding carboxylic acids is 4. The number of anilines is 2. The van der Waals surface area contributed by atoms with Crippen molar-refractivity contribution < 1.29 is 33.4 Å². The van der Waals surface area contributed by atoms with Crippen molar-refractivity contribution in [1.29, 1.82) is 0 Å². The Morgan fingerprint density at radius 2 is 1.57 bits per heavy atom. The largest absolute Gasteiger partial charge is 0.493 e. The Morgan fingerprint density at radius 1 is 0.824 bits per heavy atom. The summed E-state index contributed by atoms with van der Waals surface area (Å²) < 4.78 is 15.9. The summed E-state index contributed by atoms with van der Waals surface area (Å²) in [4.78, 5) is 54.9. The maximum atomic E-state index is 13.7. The van der Waals surface area contributed by atoms with Crippen LogP contribution in [0.5, 0.6) is 11.5 Å². The average molecular weight is 728 g/mol. The number of thioether (sulfide) groups is 1. The molecule has 0 bridgehead atoms. The van der Waals surface area contributed by atoms with Crippen LogP contribution in [0.25, 0.3) is 6.08 Å². The highest BCUT2D eigenvalue weighted by molar-refractivity contribution is 8.00. The van der Waals surface area contributed by atoms with Gasteiger partial charge < -0.3 is 30.2 Å². The summed E-state index contributed by atoms with van der Waals surface area (Å²) in [6.45, 7) is 1.79. The van der Waals surface area contributed by atoms with Crippen LogP contribution in [0.2, 0.25) is 0 Å². The molecule has 0 radical (unpaired) electrons. The normalized spacial score (nSPS) is 13.5. The molecule has 1 atom stereocenters. The van der Waals surface area contributed by atoms with Gasteiger partial charge in [-0.3, -0.25) is 14.4 Å². The molecular formula is C39H41N3O7S2. The van der Waals surface area contributed by atoms with Gasteiger partial charge in [-0.1, -0.05) is 43.2 Å². The standard InChI is InChI=1S/C39H41N3O7S2/c1-24(35(43)42-38-34(39(46)49-4)29-17-10-5-6-11-18-33(29)51-38)50-28-16-12-15-27(23-28)40-37(45)30(41-36(44)26-13-8-7-9-14-26)21-25-19-20-31(47-2)32(22-25)48-3/h7-9,12-16,19-24H,5-6,10-11,17-18H2,1-4H3,(H,40,45)(H,41,44)(H,42,43)/b30-21+. The number of methoxy groups -OCH3 is 3. The maximum absolute atomic E-state index is 13.7. The van der Waals surface area contributed by atoms with Gasteiger partial charge in [0.15, 0.2) is 11.5 Å². The molecule has 0 fully saturated rings. The number of benzene rings is 3. The van der Waals surface area contributed by atoms with Crippen molar-refractivity contribution in [2.24, 2.45) is 0 Å². The summed E-state index contributed by atoms with van der Waals surface area (Å²) in [6.07, 6.45) is 7.53. The van der Waals surface area contributed by atoms with Crippen LogP contribution < -0.4 is 25.4 Å². The SMILES string of the molecule is COC(=O)c1c(NC(=O)C(C)Sc2cccc(NC(=O)/C(=C\c3ccc(OC)c(OC)c3)NC(=O)c3ccccc3)c2)sc2c1CCCCCC2. The number of ether oxygens (including phenoxy) is 3. The van der Waals surface area contributed by atoms with E-state index in [4.69, 9.17) is 14.2 Å². The minimum Gasteiger partial charge on any atom is -0.493 e. The molecule has 3 amide bonds. The van der Waals surface area contributed by atoms with Crippen molar-refractivity contribution in [3.63, 3.8) is 0 Å². The summed E-state index contributed by atoms with van der Waals surface area (Å²) in [5.74, 6) is -0.700. The quantitative estimate of drug-likeness (QED) is 0.0768. The summed E-state index contributed by atoms with van der Waals surface area (Å²) in [5.41, 5.74) is 2.92. The zero-order valence-electron chi connectivity index (χ0n) is 29.0. The Hall–Kier alpha value is -5.07. The fourth-order valence-corrected chi connectivity index (χ4v) is 7.90. The van der Waals surface area contributed by atoms with Gasteiger partial charge in [-0.05, 0) is 92.3 Å². The molecule has 0 aliphatic heterocycles. The molecule has 10 nitrogen and oxygen atoms in total. The number of nitrogens with one attached hydrogen (secondary N) is 3. The first-order valence-corrected chi connectivity index (χ1v) is 18.3. The molecule has 3 aromatic carbocycles. The minimum atomic E-state index is -0.550. The highest BCUT2D eigenvalue weighted by atomic mass is 32.2. The van der Waals surface area contributed by atoms with Crippen LogP contribution in [0.15, 0.2) is 83.4 Å². The van der Waals surface area contributed by atoms with Crippen LogP contribution in [0.1, 0.15) is 69.3 Å². The van der Waals surface area contributed by atoms with Gasteiger partial charge in [0.1, 0.15) is 10.7 Å². The summed E-state index contributed by atoms with van der Waals surface area (Å²) in [7, 11) is 4.41. The van der Waals surface area contributed by atoms with E-state index in [-0.39, 0.29) is 11.6 Å². The highest BCUT2D eigenvalue weighted by Crippen LogP contribution is 2.38. The minimum absolute atomic E-state index is 0.00772. The van der Waals surface area contributed by atoms with Crippen molar-refractivity contribution in [1.82, 2.24) is 5.32 Å². The van der Waals surface area contributed by atoms with Gasteiger partial charge >= 0.3 is 5.97 Å². The first-order valence-electron chi connectivity index (χ1n) is 16.6. The Morgan fingerprint density at radius 3 is 2.29 bits per heavy atom. The Balaban J connectivity index is 1.32.